The Morgan fingerprint density at radius 1 is 0.692 bits per heavy atom. The quantitative estimate of drug-likeness (QED) is 0.0460. The number of hydrogen-bond acceptors (Lipinski definition) is 6. The second-order valence-corrected chi connectivity index (χ2v) is 11.4. The Morgan fingerprint density at radius 3 is 1.82 bits per heavy atom. The number of nitrogens with zero attached hydrogens (tertiary/aromatic N) is 1. The zero-order chi connectivity index (χ0) is 28.2. The molecule has 0 radical (unpaired) electrons. The molecule has 0 bridgehead atoms. The molecule has 0 aromatic carbocycles. The van der Waals surface area contributed by atoms with E-state index in [1.165, 1.54) is 83.5 Å². The van der Waals surface area contributed by atoms with Gasteiger partial charge in [-0.2, -0.15) is 4.57 Å². The van der Waals surface area contributed by atoms with E-state index in [1.807, 2.05) is 0 Å². The SMILES string of the molecule is C=C(COC(=O)CCCCCCC[n+]1ccsc1)COC(=O)OCCCCCCCCCCCCCCCC. The van der Waals surface area contributed by atoms with Crippen LogP contribution in [0.2, 0.25) is 0 Å². The molecule has 0 unspecified atom stereocenters. The van der Waals surface area contributed by atoms with Crippen molar-refractivity contribution in [2.24, 2.45) is 0 Å². The lowest BCUT2D eigenvalue weighted by atomic mass is 10.0. The van der Waals surface area contributed by atoms with Crippen LogP contribution in [-0.4, -0.2) is 31.9 Å². The van der Waals surface area contributed by atoms with Gasteiger partial charge in [-0.1, -0.05) is 121 Å². The van der Waals surface area contributed by atoms with Gasteiger partial charge in [-0.3, -0.25) is 4.79 Å². The molecule has 6 nitrogen and oxygen atoms in total. The Bertz CT molecular complexity index is 722. The highest BCUT2D eigenvalue weighted by Gasteiger charge is 2.08. The highest BCUT2D eigenvalue weighted by atomic mass is 32.1. The normalized spacial score (nSPS) is 10.9. The fourth-order valence-corrected chi connectivity index (χ4v) is 5.06. The summed E-state index contributed by atoms with van der Waals surface area (Å²) in [5.41, 5.74) is 2.67. The minimum absolute atomic E-state index is 0.00694. The number of ether oxygens (including phenoxy) is 3. The van der Waals surface area contributed by atoms with Crippen molar-refractivity contribution in [1.29, 1.82) is 0 Å². The van der Waals surface area contributed by atoms with Crippen molar-refractivity contribution in [2.75, 3.05) is 19.8 Å². The van der Waals surface area contributed by atoms with Gasteiger partial charge in [-0.05, 0) is 24.8 Å². The molecule has 224 valence electrons. The Labute approximate surface area is 242 Å². The van der Waals surface area contributed by atoms with Crippen LogP contribution in [-0.2, 0) is 25.5 Å². The summed E-state index contributed by atoms with van der Waals surface area (Å²) >= 11 is 1.71. The molecule has 0 saturated carbocycles. The fourth-order valence-electron chi connectivity index (χ4n) is 4.43. The van der Waals surface area contributed by atoms with E-state index in [2.05, 4.69) is 35.2 Å². The van der Waals surface area contributed by atoms with E-state index in [4.69, 9.17) is 14.2 Å². The minimum Gasteiger partial charge on any atom is -0.461 e. The number of carbonyl (C=O) groups is 2. The Kier molecular flexibility index (Phi) is 23.7. The van der Waals surface area contributed by atoms with Crippen molar-refractivity contribution in [3.05, 3.63) is 29.2 Å². The standard InChI is InChI=1S/C32H56NO5S/c1-3-4-5-6-7-8-9-10-11-12-13-14-18-21-25-36-32(35)38-28-30(2)27-37-31(34)22-19-16-15-17-20-23-33-24-26-39-29-33/h24,26,29H,2-23,25,27-28H2,1H3/q+1. The van der Waals surface area contributed by atoms with E-state index < -0.39 is 6.16 Å². The van der Waals surface area contributed by atoms with Gasteiger partial charge in [0.2, 0.25) is 5.51 Å². The molecule has 39 heavy (non-hydrogen) atoms. The van der Waals surface area contributed by atoms with Crippen LogP contribution in [0.3, 0.4) is 0 Å². The first-order chi connectivity index (χ1) is 19.1. The monoisotopic (exact) mass is 566 g/mol. The topological polar surface area (TPSA) is 65.7 Å². The molecule has 0 spiro atoms. The zero-order valence-corrected chi connectivity index (χ0v) is 25.6. The lowest BCUT2D eigenvalue weighted by Gasteiger charge is -2.09. The summed E-state index contributed by atoms with van der Waals surface area (Å²) in [7, 11) is 0. The van der Waals surface area contributed by atoms with Crippen molar-refractivity contribution in [1.82, 2.24) is 0 Å². The highest BCUT2D eigenvalue weighted by Crippen LogP contribution is 2.13. The second-order valence-electron chi connectivity index (χ2n) is 10.7. The van der Waals surface area contributed by atoms with E-state index in [9.17, 15) is 9.59 Å². The Hall–Kier alpha value is -1.89. The van der Waals surface area contributed by atoms with Gasteiger partial charge in [-0.25, -0.2) is 4.79 Å². The Morgan fingerprint density at radius 2 is 1.23 bits per heavy atom. The van der Waals surface area contributed by atoms with Crippen molar-refractivity contribution in [3.8, 4) is 0 Å². The van der Waals surface area contributed by atoms with Gasteiger partial charge in [0.25, 0.3) is 0 Å². The summed E-state index contributed by atoms with van der Waals surface area (Å²) in [6, 6.07) is 0. The molecular weight excluding hydrogens is 510 g/mol. The van der Waals surface area contributed by atoms with E-state index in [0.29, 0.717) is 18.6 Å². The molecule has 0 fully saturated rings. The maximum Gasteiger partial charge on any atom is 0.508 e. The number of carbonyl (C=O) groups excluding carboxylic acids is 2. The summed E-state index contributed by atoms with van der Waals surface area (Å²) in [6.45, 7) is 7.60. The molecule has 7 heteroatoms. The van der Waals surface area contributed by atoms with E-state index in [1.54, 1.807) is 11.3 Å². The molecule has 1 rings (SSSR count). The maximum atomic E-state index is 11.9. The van der Waals surface area contributed by atoms with Crippen molar-refractivity contribution in [2.45, 2.75) is 142 Å². The first-order valence-corrected chi connectivity index (χ1v) is 16.6. The molecule has 0 aliphatic carbocycles. The minimum atomic E-state index is -0.686. The molecule has 0 aliphatic rings. The smallest absolute Gasteiger partial charge is 0.461 e. The lowest BCUT2D eigenvalue weighted by Crippen LogP contribution is -2.29. The summed E-state index contributed by atoms with van der Waals surface area (Å²) < 4.78 is 17.6. The maximum absolute atomic E-state index is 11.9. The Balaban J connectivity index is 1.81. The molecule has 0 N–H and O–H groups in total. The number of aromatic nitrogens is 1. The van der Waals surface area contributed by atoms with E-state index in [-0.39, 0.29) is 19.2 Å². The molecule has 0 atom stereocenters. The fraction of sp³-hybridized carbons (Fsp3) is 0.781. The summed E-state index contributed by atoms with van der Waals surface area (Å²) in [5.74, 6) is -0.231. The van der Waals surface area contributed by atoms with Crippen molar-refractivity contribution >= 4 is 23.5 Å². The molecule has 1 aromatic heterocycles. The highest BCUT2D eigenvalue weighted by molar-refractivity contribution is 7.07. The molecule has 1 aromatic rings. The van der Waals surface area contributed by atoms with Gasteiger partial charge in [0.05, 0.1) is 12.0 Å². The van der Waals surface area contributed by atoms with Gasteiger partial charge < -0.3 is 14.2 Å². The zero-order valence-electron chi connectivity index (χ0n) is 24.8. The number of unbranched alkanes of at least 4 members (excludes halogenated alkanes) is 17. The van der Waals surface area contributed by atoms with Crippen molar-refractivity contribution < 1.29 is 28.4 Å². The van der Waals surface area contributed by atoms with Crippen LogP contribution >= 0.6 is 11.3 Å². The summed E-state index contributed by atoms with van der Waals surface area (Å²) in [4.78, 5) is 23.6. The predicted molar refractivity (Wildman–Crippen MR) is 160 cm³/mol. The largest absolute Gasteiger partial charge is 0.508 e. The van der Waals surface area contributed by atoms with Gasteiger partial charge >= 0.3 is 12.1 Å². The van der Waals surface area contributed by atoms with E-state index >= 15 is 0 Å². The number of hydrogen-bond donors (Lipinski definition) is 0. The van der Waals surface area contributed by atoms with Crippen LogP contribution in [0.1, 0.15) is 135 Å². The van der Waals surface area contributed by atoms with E-state index in [0.717, 1.165) is 45.1 Å². The average molecular weight is 567 g/mol. The van der Waals surface area contributed by atoms with Crippen LogP contribution < -0.4 is 4.57 Å². The van der Waals surface area contributed by atoms with Crippen LogP contribution in [0, 0.1) is 0 Å². The third-order valence-corrected chi connectivity index (χ3v) is 7.54. The molecule has 0 aliphatic heterocycles. The lowest BCUT2D eigenvalue weighted by molar-refractivity contribution is -0.692. The van der Waals surface area contributed by atoms with Gasteiger partial charge in [0.1, 0.15) is 19.8 Å². The molecule has 1 heterocycles. The van der Waals surface area contributed by atoms with Crippen LogP contribution in [0.4, 0.5) is 4.79 Å². The molecule has 0 amide bonds. The first kappa shape index (κ1) is 35.1. The van der Waals surface area contributed by atoms with Crippen LogP contribution in [0.15, 0.2) is 29.2 Å². The van der Waals surface area contributed by atoms with Gasteiger partial charge in [0, 0.05) is 12.8 Å². The number of rotatable bonds is 27. The number of thiazole rings is 1. The third kappa shape index (κ3) is 23.7. The van der Waals surface area contributed by atoms with Gasteiger partial charge in [0.15, 0.2) is 6.20 Å². The van der Waals surface area contributed by atoms with Gasteiger partial charge in [-0.15, -0.1) is 0 Å². The number of esters is 1. The summed E-state index contributed by atoms with van der Waals surface area (Å²) in [6.07, 6.45) is 25.2. The third-order valence-electron chi connectivity index (χ3n) is 6.87. The summed E-state index contributed by atoms with van der Waals surface area (Å²) in [5, 5.41) is 2.08. The van der Waals surface area contributed by atoms with Crippen molar-refractivity contribution in [3.63, 3.8) is 0 Å². The average Bonchev–Trinajstić information content (AvgIpc) is 3.46. The molecular formula is C32H56NO5S+. The van der Waals surface area contributed by atoms with Crippen LogP contribution in [0.25, 0.3) is 0 Å². The second kappa shape index (κ2) is 26.3. The molecule has 0 saturated heterocycles. The predicted octanol–water partition coefficient (Wildman–Crippen LogP) is 9.11. The first-order valence-electron chi connectivity index (χ1n) is 15.6. The number of aryl methyl sites for hydroxylation is 1. The van der Waals surface area contributed by atoms with Crippen LogP contribution in [0.5, 0.6) is 0 Å².